The Balaban J connectivity index is 1.94. The fourth-order valence-electron chi connectivity index (χ4n) is 1.98. The molecule has 4 heteroatoms. The molecule has 2 rings (SSSR count). The van der Waals surface area contributed by atoms with Crippen molar-refractivity contribution in [3.05, 3.63) is 0 Å². The summed E-state index contributed by atoms with van der Waals surface area (Å²) < 4.78 is 32.4. The van der Waals surface area contributed by atoms with Gasteiger partial charge in [-0.15, -0.1) is 0 Å². The summed E-state index contributed by atoms with van der Waals surface area (Å²) in [5, 5.41) is 2.90. The molecule has 76 valence electrons. The Hall–Kier alpha value is -0.220. The fourth-order valence-corrected chi connectivity index (χ4v) is 1.98. The van der Waals surface area contributed by atoms with Crippen LogP contribution < -0.4 is 5.32 Å². The van der Waals surface area contributed by atoms with E-state index in [1.807, 2.05) is 0 Å². The molecule has 2 aliphatic rings. The monoisotopic (exact) mass is 191 g/mol. The maximum atomic E-state index is 13.7. The van der Waals surface area contributed by atoms with Crippen molar-refractivity contribution in [2.45, 2.75) is 18.8 Å². The van der Waals surface area contributed by atoms with Crippen molar-refractivity contribution >= 4 is 0 Å². The second kappa shape index (κ2) is 3.50. The lowest BCUT2D eigenvalue weighted by atomic mass is 9.82. The van der Waals surface area contributed by atoms with Gasteiger partial charge in [-0.25, -0.2) is 8.78 Å². The van der Waals surface area contributed by atoms with Crippen LogP contribution >= 0.6 is 0 Å². The molecule has 0 aromatic heterocycles. The summed E-state index contributed by atoms with van der Waals surface area (Å²) in [6, 6.07) is 0. The van der Waals surface area contributed by atoms with E-state index in [4.69, 9.17) is 4.74 Å². The van der Waals surface area contributed by atoms with Crippen LogP contribution in [0, 0.1) is 11.8 Å². The van der Waals surface area contributed by atoms with Crippen molar-refractivity contribution in [1.82, 2.24) is 5.32 Å². The van der Waals surface area contributed by atoms with Crippen LogP contribution in [-0.4, -0.2) is 32.2 Å². The minimum Gasteiger partial charge on any atom is -0.381 e. The number of halogens is 2. The van der Waals surface area contributed by atoms with E-state index in [9.17, 15) is 8.78 Å². The highest BCUT2D eigenvalue weighted by Gasteiger charge is 2.49. The zero-order chi connectivity index (χ0) is 9.31. The maximum absolute atomic E-state index is 13.7. The lowest BCUT2D eigenvalue weighted by Crippen LogP contribution is -2.55. The molecule has 2 heterocycles. The molecule has 0 spiro atoms. The van der Waals surface area contributed by atoms with Crippen LogP contribution in [0.4, 0.5) is 8.78 Å². The topological polar surface area (TPSA) is 21.3 Å². The summed E-state index contributed by atoms with van der Waals surface area (Å²) in [5.41, 5.74) is 0. The maximum Gasteiger partial charge on any atom is 0.256 e. The quantitative estimate of drug-likeness (QED) is 0.709. The molecule has 0 atom stereocenters. The minimum absolute atomic E-state index is 0.435. The number of ether oxygens (including phenoxy) is 1. The van der Waals surface area contributed by atoms with Gasteiger partial charge in [-0.2, -0.15) is 0 Å². The standard InChI is InChI=1S/C9H15F2NO/c10-9(11,8-5-12-6-8)7-1-3-13-4-2-7/h7-8,12H,1-6H2. The van der Waals surface area contributed by atoms with E-state index >= 15 is 0 Å². The van der Waals surface area contributed by atoms with Gasteiger partial charge in [0.15, 0.2) is 0 Å². The van der Waals surface area contributed by atoms with Gasteiger partial charge in [-0.1, -0.05) is 0 Å². The molecule has 2 saturated heterocycles. The normalized spacial score (nSPS) is 27.2. The molecule has 0 radical (unpaired) electrons. The predicted molar refractivity (Wildman–Crippen MR) is 44.8 cm³/mol. The lowest BCUT2D eigenvalue weighted by molar-refractivity contribution is -0.147. The SMILES string of the molecule is FC(F)(C1CCOCC1)C1CNC1. The van der Waals surface area contributed by atoms with Gasteiger partial charge in [0, 0.05) is 38.1 Å². The number of alkyl halides is 2. The highest BCUT2D eigenvalue weighted by atomic mass is 19.3. The van der Waals surface area contributed by atoms with Crippen LogP contribution in [0.2, 0.25) is 0 Å². The molecule has 0 amide bonds. The number of hydrogen-bond acceptors (Lipinski definition) is 2. The minimum atomic E-state index is -2.48. The van der Waals surface area contributed by atoms with Crippen LogP contribution in [0.3, 0.4) is 0 Å². The fraction of sp³-hybridized carbons (Fsp3) is 1.00. The van der Waals surface area contributed by atoms with Gasteiger partial charge in [0.1, 0.15) is 0 Å². The van der Waals surface area contributed by atoms with Crippen molar-refractivity contribution in [1.29, 1.82) is 0 Å². The second-order valence-electron chi connectivity index (χ2n) is 3.92. The van der Waals surface area contributed by atoms with Gasteiger partial charge in [0.2, 0.25) is 0 Å². The molecule has 2 nitrogen and oxygen atoms in total. The number of nitrogens with one attached hydrogen (secondary N) is 1. The van der Waals surface area contributed by atoms with Gasteiger partial charge in [0.05, 0.1) is 0 Å². The summed E-state index contributed by atoms with van der Waals surface area (Å²) in [6.07, 6.45) is 1.03. The molecule has 0 aromatic rings. The molecule has 2 fully saturated rings. The van der Waals surface area contributed by atoms with Crippen molar-refractivity contribution in [3.8, 4) is 0 Å². The average molecular weight is 191 g/mol. The van der Waals surface area contributed by atoms with E-state index in [2.05, 4.69) is 5.32 Å². The molecular weight excluding hydrogens is 176 g/mol. The Bertz CT molecular complexity index is 176. The van der Waals surface area contributed by atoms with E-state index < -0.39 is 17.8 Å². The Labute approximate surface area is 76.6 Å². The molecule has 1 N–H and O–H groups in total. The summed E-state index contributed by atoms with van der Waals surface area (Å²) in [6.45, 7) is 1.95. The third kappa shape index (κ3) is 1.70. The highest BCUT2D eigenvalue weighted by molar-refractivity contribution is 4.92. The third-order valence-electron chi connectivity index (χ3n) is 3.09. The lowest BCUT2D eigenvalue weighted by Gasteiger charge is -2.40. The Kier molecular flexibility index (Phi) is 2.51. The Morgan fingerprint density at radius 1 is 1.08 bits per heavy atom. The van der Waals surface area contributed by atoms with E-state index in [-0.39, 0.29) is 0 Å². The molecule has 2 aliphatic heterocycles. The van der Waals surface area contributed by atoms with Gasteiger partial charge in [-0.3, -0.25) is 0 Å². The van der Waals surface area contributed by atoms with E-state index in [1.165, 1.54) is 0 Å². The first-order valence-corrected chi connectivity index (χ1v) is 4.87. The third-order valence-corrected chi connectivity index (χ3v) is 3.09. The van der Waals surface area contributed by atoms with Crippen molar-refractivity contribution in [2.24, 2.45) is 11.8 Å². The van der Waals surface area contributed by atoms with Crippen molar-refractivity contribution in [3.63, 3.8) is 0 Å². The van der Waals surface area contributed by atoms with E-state index in [0.717, 1.165) is 0 Å². The van der Waals surface area contributed by atoms with Gasteiger partial charge in [-0.05, 0) is 12.8 Å². The van der Waals surface area contributed by atoms with Crippen LogP contribution in [0.25, 0.3) is 0 Å². The van der Waals surface area contributed by atoms with Crippen LogP contribution in [0.5, 0.6) is 0 Å². The largest absolute Gasteiger partial charge is 0.381 e. The number of hydrogen-bond donors (Lipinski definition) is 1. The molecule has 0 bridgehead atoms. The van der Waals surface area contributed by atoms with Gasteiger partial charge in [0.25, 0.3) is 5.92 Å². The summed E-state index contributed by atoms with van der Waals surface area (Å²) in [7, 11) is 0. The number of rotatable bonds is 2. The smallest absolute Gasteiger partial charge is 0.256 e. The van der Waals surface area contributed by atoms with Crippen molar-refractivity contribution in [2.75, 3.05) is 26.3 Å². The highest BCUT2D eigenvalue weighted by Crippen LogP contribution is 2.39. The summed E-state index contributed by atoms with van der Waals surface area (Å²) in [4.78, 5) is 0. The van der Waals surface area contributed by atoms with Gasteiger partial charge >= 0.3 is 0 Å². The predicted octanol–water partition coefficient (Wildman–Crippen LogP) is 1.27. The Morgan fingerprint density at radius 2 is 1.69 bits per heavy atom. The van der Waals surface area contributed by atoms with Crippen LogP contribution in [-0.2, 0) is 4.74 Å². The summed E-state index contributed by atoms with van der Waals surface area (Å²) in [5.74, 6) is -3.36. The molecule has 0 unspecified atom stereocenters. The van der Waals surface area contributed by atoms with E-state index in [0.29, 0.717) is 39.1 Å². The zero-order valence-electron chi connectivity index (χ0n) is 7.56. The molecule has 0 aromatic carbocycles. The van der Waals surface area contributed by atoms with Crippen LogP contribution in [0.1, 0.15) is 12.8 Å². The van der Waals surface area contributed by atoms with Crippen molar-refractivity contribution < 1.29 is 13.5 Å². The molecule has 0 saturated carbocycles. The second-order valence-corrected chi connectivity index (χ2v) is 3.92. The first-order chi connectivity index (χ1) is 6.21. The van der Waals surface area contributed by atoms with Crippen LogP contribution in [0.15, 0.2) is 0 Å². The molecule has 13 heavy (non-hydrogen) atoms. The van der Waals surface area contributed by atoms with E-state index in [1.54, 1.807) is 0 Å². The average Bonchev–Trinajstić information content (AvgIpc) is 2.02. The Morgan fingerprint density at radius 3 is 2.15 bits per heavy atom. The van der Waals surface area contributed by atoms with Gasteiger partial charge < -0.3 is 10.1 Å². The zero-order valence-corrected chi connectivity index (χ0v) is 7.56. The first-order valence-electron chi connectivity index (χ1n) is 4.87. The first kappa shape index (κ1) is 9.34. The molecular formula is C9H15F2NO. The molecule has 0 aliphatic carbocycles. The summed E-state index contributed by atoms with van der Waals surface area (Å²) >= 11 is 0.